The molecule has 4 aromatic rings. The molecule has 0 saturated carbocycles. The first-order valence-electron chi connectivity index (χ1n) is 23.5. The Balaban J connectivity index is 0.931. The van der Waals surface area contributed by atoms with Crippen LogP contribution in [0.15, 0.2) is 117 Å². The van der Waals surface area contributed by atoms with E-state index in [0.717, 1.165) is 37.7 Å². The van der Waals surface area contributed by atoms with Crippen LogP contribution in [0, 0.1) is 11.8 Å². The first kappa shape index (κ1) is 50.3. The van der Waals surface area contributed by atoms with Gasteiger partial charge in [-0.05, 0) is 87.9 Å². The van der Waals surface area contributed by atoms with Gasteiger partial charge in [0, 0.05) is 24.9 Å². The molecule has 0 spiro atoms. The standard InChI is InChI=1S/C54H70INO9Si/c1-36-29-41(26-28-62-66(54(5,6)7,44-17-12-10-13-18-44)45-19-14-11-15-20-45)63-43(30-36)32-42-25-27-59-53(64-42)46-35-60-50(56-46)22-16-21-47-38(3)52(39(4)51(65-47)37(2)33-55)61-34-40-23-24-48(57-8)49(31-40)58-9/h10-20,22-24,31,33,35,38-39,41-43,47,51-53H,1,21,25-30,32,34H2,2-9H3/b22-16+,37-33+/t38-,39-,41-,42-,43+,47+,51-,52-,53-/m0/s1. The molecule has 10 nitrogen and oxygen atoms in total. The lowest BCUT2D eigenvalue weighted by atomic mass is 9.80. The molecule has 0 bridgehead atoms. The minimum absolute atomic E-state index is 0.00256. The van der Waals surface area contributed by atoms with Gasteiger partial charge in [0.2, 0.25) is 12.2 Å². The first-order valence-corrected chi connectivity index (χ1v) is 26.7. The van der Waals surface area contributed by atoms with E-state index >= 15 is 0 Å². The van der Waals surface area contributed by atoms with E-state index in [4.69, 9.17) is 47.0 Å². The number of aromatic nitrogens is 1. The van der Waals surface area contributed by atoms with Crippen molar-refractivity contribution in [3.8, 4) is 11.5 Å². The zero-order valence-corrected chi connectivity index (χ0v) is 43.2. The summed E-state index contributed by atoms with van der Waals surface area (Å²) in [5, 5.41) is 2.49. The van der Waals surface area contributed by atoms with Gasteiger partial charge in [0.05, 0.1) is 64.1 Å². The maximum atomic E-state index is 7.22. The van der Waals surface area contributed by atoms with Gasteiger partial charge in [0.25, 0.3) is 8.32 Å². The summed E-state index contributed by atoms with van der Waals surface area (Å²) in [6, 6.07) is 27.5. The van der Waals surface area contributed by atoms with Crippen molar-refractivity contribution in [1.82, 2.24) is 4.98 Å². The minimum atomic E-state index is -2.64. The molecule has 1 aromatic heterocycles. The van der Waals surface area contributed by atoms with Gasteiger partial charge in [-0.1, -0.05) is 142 Å². The van der Waals surface area contributed by atoms with E-state index in [0.29, 0.717) is 49.3 Å². The van der Waals surface area contributed by atoms with Crippen molar-refractivity contribution in [3.05, 3.63) is 130 Å². The third kappa shape index (κ3) is 12.0. The molecule has 3 aromatic carbocycles. The molecule has 7 rings (SSSR count). The Morgan fingerprint density at radius 2 is 1.58 bits per heavy atom. The van der Waals surface area contributed by atoms with E-state index in [1.807, 2.05) is 24.3 Å². The van der Waals surface area contributed by atoms with E-state index in [1.165, 1.54) is 21.5 Å². The van der Waals surface area contributed by atoms with Crippen LogP contribution in [0.1, 0.15) is 104 Å². The van der Waals surface area contributed by atoms with Gasteiger partial charge >= 0.3 is 0 Å². The van der Waals surface area contributed by atoms with Gasteiger partial charge in [0.15, 0.2) is 11.5 Å². The zero-order chi connectivity index (χ0) is 46.8. The molecule has 3 aliphatic heterocycles. The second kappa shape index (κ2) is 23.1. The van der Waals surface area contributed by atoms with Crippen LogP contribution < -0.4 is 19.8 Å². The van der Waals surface area contributed by atoms with Crippen LogP contribution in [0.4, 0.5) is 0 Å². The van der Waals surface area contributed by atoms with Crippen LogP contribution in [0.25, 0.3) is 6.08 Å². The van der Waals surface area contributed by atoms with Crippen molar-refractivity contribution in [2.24, 2.45) is 11.8 Å². The highest BCUT2D eigenvalue weighted by atomic mass is 127. The SMILES string of the molecule is C=C1C[C@H](C[C@@H]2CCO[C@H](c3coc(/C=C/C[C@H]4O[C@@H](/C(C)=C/I)[C@H](C)[C@@H](OCc5ccc(OC)c(OC)c5)[C@H]4C)n3)O2)O[C@@H](CCO[Si](c2ccccc2)(c2ccccc2)C(C)(C)C)C1. The van der Waals surface area contributed by atoms with Crippen molar-refractivity contribution in [3.63, 3.8) is 0 Å². The molecule has 3 aliphatic rings. The zero-order valence-electron chi connectivity index (χ0n) is 40.1. The Hall–Kier alpha value is -3.60. The fourth-order valence-corrected chi connectivity index (χ4v) is 15.1. The summed E-state index contributed by atoms with van der Waals surface area (Å²) in [5.41, 5.74) is 4.04. The van der Waals surface area contributed by atoms with Crippen LogP contribution in [-0.2, 0) is 34.7 Å². The number of nitrogens with zero attached hydrogens (tertiary/aromatic N) is 1. The molecule has 3 saturated heterocycles. The van der Waals surface area contributed by atoms with Crippen molar-refractivity contribution in [2.75, 3.05) is 27.4 Å². The molecule has 3 fully saturated rings. The van der Waals surface area contributed by atoms with Crippen LogP contribution in [0.2, 0.25) is 5.04 Å². The predicted octanol–water partition coefficient (Wildman–Crippen LogP) is 11.3. The van der Waals surface area contributed by atoms with E-state index in [1.54, 1.807) is 20.5 Å². The Bertz CT molecular complexity index is 2190. The lowest BCUT2D eigenvalue weighted by Crippen LogP contribution is -2.66. The number of ether oxygens (including phenoxy) is 7. The van der Waals surface area contributed by atoms with Crippen LogP contribution in [0.5, 0.6) is 11.5 Å². The second-order valence-electron chi connectivity index (χ2n) is 19.2. The molecular weight excluding hydrogens is 962 g/mol. The summed E-state index contributed by atoms with van der Waals surface area (Å²) < 4.78 is 59.1. The van der Waals surface area contributed by atoms with Gasteiger partial charge in [-0.2, -0.15) is 0 Å². The number of rotatable bonds is 18. The van der Waals surface area contributed by atoms with Crippen molar-refractivity contribution in [1.29, 1.82) is 0 Å². The number of halogens is 1. The largest absolute Gasteiger partial charge is 0.493 e. The average molecular weight is 1030 g/mol. The topological polar surface area (TPSA) is 99.9 Å². The predicted molar refractivity (Wildman–Crippen MR) is 271 cm³/mol. The molecule has 356 valence electrons. The molecule has 66 heavy (non-hydrogen) atoms. The fourth-order valence-electron chi connectivity index (χ4n) is 10.1. The van der Waals surface area contributed by atoms with Gasteiger partial charge in [-0.15, -0.1) is 0 Å². The monoisotopic (exact) mass is 1030 g/mol. The Morgan fingerprint density at radius 3 is 2.24 bits per heavy atom. The third-order valence-corrected chi connectivity index (χ3v) is 19.5. The number of hydrogen-bond acceptors (Lipinski definition) is 10. The number of oxazole rings is 1. The molecule has 0 N–H and O–H groups in total. The lowest BCUT2D eigenvalue weighted by Gasteiger charge is -2.45. The summed E-state index contributed by atoms with van der Waals surface area (Å²) in [6.07, 6.45) is 9.47. The summed E-state index contributed by atoms with van der Waals surface area (Å²) in [7, 11) is 0.651. The molecule has 0 radical (unpaired) electrons. The molecular formula is C54H70INO9Si. The van der Waals surface area contributed by atoms with Gasteiger partial charge in [0.1, 0.15) is 12.0 Å². The molecule has 0 amide bonds. The molecule has 0 unspecified atom stereocenters. The highest BCUT2D eigenvalue weighted by Gasteiger charge is 2.50. The van der Waals surface area contributed by atoms with Crippen LogP contribution >= 0.6 is 22.6 Å². The van der Waals surface area contributed by atoms with Crippen molar-refractivity contribution >= 4 is 47.4 Å². The quantitative estimate of drug-likeness (QED) is 0.0544. The Kier molecular flexibility index (Phi) is 17.6. The van der Waals surface area contributed by atoms with Crippen molar-refractivity contribution in [2.45, 2.75) is 135 Å². The minimum Gasteiger partial charge on any atom is -0.493 e. The molecule has 4 heterocycles. The number of methoxy groups -OCH3 is 2. The maximum absolute atomic E-state index is 7.22. The van der Waals surface area contributed by atoms with Gasteiger partial charge in [-0.3, -0.25) is 0 Å². The highest BCUT2D eigenvalue weighted by Crippen LogP contribution is 2.40. The van der Waals surface area contributed by atoms with Crippen LogP contribution in [-0.4, -0.2) is 77.4 Å². The summed E-state index contributed by atoms with van der Waals surface area (Å²) in [4.78, 5) is 4.77. The second-order valence-corrected chi connectivity index (χ2v) is 24.1. The summed E-state index contributed by atoms with van der Waals surface area (Å²) in [5.74, 6) is 2.16. The number of benzene rings is 3. The summed E-state index contributed by atoms with van der Waals surface area (Å²) >= 11 is 2.30. The van der Waals surface area contributed by atoms with E-state index < -0.39 is 14.6 Å². The Morgan fingerprint density at radius 1 is 0.879 bits per heavy atom. The molecule has 9 atom stereocenters. The molecule has 0 aliphatic carbocycles. The third-order valence-electron chi connectivity index (χ3n) is 13.5. The average Bonchev–Trinajstić information content (AvgIpc) is 3.80. The first-order chi connectivity index (χ1) is 31.8. The number of hydrogen-bond donors (Lipinski definition) is 0. The smallest absolute Gasteiger partial charge is 0.261 e. The van der Waals surface area contributed by atoms with Gasteiger partial charge < -0.3 is 42.0 Å². The normalized spacial score (nSPS) is 26.7. The highest BCUT2D eigenvalue weighted by molar-refractivity contribution is 14.1. The van der Waals surface area contributed by atoms with E-state index in [-0.39, 0.29) is 53.5 Å². The van der Waals surface area contributed by atoms with E-state index in [9.17, 15) is 0 Å². The fraction of sp³-hybridized carbons (Fsp3) is 0.500. The maximum Gasteiger partial charge on any atom is 0.261 e. The lowest BCUT2D eigenvalue weighted by molar-refractivity contribution is -0.227. The Labute approximate surface area is 407 Å². The van der Waals surface area contributed by atoms with E-state index in [2.05, 4.69) is 142 Å². The van der Waals surface area contributed by atoms with Crippen LogP contribution in [0.3, 0.4) is 0 Å². The van der Waals surface area contributed by atoms with Crippen molar-refractivity contribution < 1.29 is 42.0 Å². The summed E-state index contributed by atoms with van der Waals surface area (Å²) in [6.45, 7) is 19.6. The molecule has 12 heteroatoms. The van der Waals surface area contributed by atoms with Gasteiger partial charge in [-0.25, -0.2) is 4.98 Å².